The number of carbonyl (C=O) groups excluding carboxylic acids is 2. The minimum atomic E-state index is -0.482. The third kappa shape index (κ3) is 4.99. The first-order valence-corrected chi connectivity index (χ1v) is 8.69. The van der Waals surface area contributed by atoms with Crippen molar-refractivity contribution in [3.8, 4) is 0 Å². The molecule has 25 heavy (non-hydrogen) atoms. The zero-order valence-corrected chi connectivity index (χ0v) is 14.3. The number of amides is 2. The zero-order chi connectivity index (χ0) is 17.8. The van der Waals surface area contributed by atoms with Crippen LogP contribution in [0.3, 0.4) is 0 Å². The van der Waals surface area contributed by atoms with Gasteiger partial charge < -0.3 is 15.4 Å². The molecule has 3 rings (SSSR count). The molecule has 0 radical (unpaired) electrons. The fourth-order valence-corrected chi connectivity index (χ4v) is 3.04. The van der Waals surface area contributed by atoms with Gasteiger partial charge in [-0.2, -0.15) is 0 Å². The van der Waals surface area contributed by atoms with E-state index >= 15 is 0 Å². The van der Waals surface area contributed by atoms with Gasteiger partial charge in [0.05, 0.1) is 12.7 Å². The minimum absolute atomic E-state index is 0.0608. The van der Waals surface area contributed by atoms with Gasteiger partial charge in [-0.1, -0.05) is 12.1 Å². The summed E-state index contributed by atoms with van der Waals surface area (Å²) in [5.41, 5.74) is 0.764. The molecule has 2 aliphatic rings. The van der Waals surface area contributed by atoms with Crippen LogP contribution >= 0.6 is 0 Å². The van der Waals surface area contributed by atoms with Gasteiger partial charge in [0, 0.05) is 32.6 Å². The highest BCUT2D eigenvalue weighted by Gasteiger charge is 2.34. The molecule has 6 nitrogen and oxygen atoms in total. The fraction of sp³-hybridized carbons (Fsp3) is 0.556. The summed E-state index contributed by atoms with van der Waals surface area (Å²) in [6, 6.07) is 5.84. The van der Waals surface area contributed by atoms with Crippen LogP contribution in [-0.2, 0) is 14.3 Å². The number of benzene rings is 1. The monoisotopic (exact) mass is 349 g/mol. The van der Waals surface area contributed by atoms with E-state index in [1.165, 1.54) is 19.1 Å². The predicted molar refractivity (Wildman–Crippen MR) is 90.3 cm³/mol. The summed E-state index contributed by atoms with van der Waals surface area (Å²) in [4.78, 5) is 25.9. The van der Waals surface area contributed by atoms with E-state index in [4.69, 9.17) is 4.74 Å². The predicted octanol–water partition coefficient (Wildman–Crippen LogP) is 0.982. The lowest BCUT2D eigenvalue weighted by atomic mass is 10.0. The maximum absolute atomic E-state index is 13.3. The van der Waals surface area contributed by atoms with Crippen LogP contribution in [0.25, 0.3) is 0 Å². The minimum Gasteiger partial charge on any atom is -0.374 e. The molecule has 2 atom stereocenters. The van der Waals surface area contributed by atoms with Crippen molar-refractivity contribution in [2.75, 3.05) is 26.2 Å². The van der Waals surface area contributed by atoms with E-state index < -0.39 is 6.04 Å². The molecule has 1 saturated carbocycles. The standard InChI is InChI=1S/C18H24FN3O3/c1-12(23)20-10-16-11-22(8-9-25-16)17(18(24)21-15-6-7-15)13-2-4-14(19)5-3-13/h2-5,15-17H,6-11H2,1H3,(H,20,23)(H,21,24)/t16-,17+/m1/s1. The van der Waals surface area contributed by atoms with Crippen molar-refractivity contribution in [1.29, 1.82) is 0 Å². The first-order chi connectivity index (χ1) is 12.0. The second-order valence-corrected chi connectivity index (χ2v) is 6.66. The van der Waals surface area contributed by atoms with E-state index in [1.54, 1.807) is 12.1 Å². The van der Waals surface area contributed by atoms with Crippen LogP contribution in [0.1, 0.15) is 31.4 Å². The van der Waals surface area contributed by atoms with Crippen molar-refractivity contribution in [1.82, 2.24) is 15.5 Å². The number of carbonyl (C=O) groups is 2. The summed E-state index contributed by atoms with van der Waals surface area (Å²) in [6.07, 6.45) is 1.85. The number of ether oxygens (including phenoxy) is 1. The van der Waals surface area contributed by atoms with Crippen LogP contribution in [0.2, 0.25) is 0 Å². The molecule has 7 heteroatoms. The number of morpholine rings is 1. The zero-order valence-electron chi connectivity index (χ0n) is 14.3. The maximum Gasteiger partial charge on any atom is 0.242 e. The molecular weight excluding hydrogens is 325 g/mol. The Bertz CT molecular complexity index is 618. The van der Waals surface area contributed by atoms with Crippen LogP contribution < -0.4 is 10.6 Å². The van der Waals surface area contributed by atoms with E-state index in [9.17, 15) is 14.0 Å². The van der Waals surface area contributed by atoms with Gasteiger partial charge in [0.2, 0.25) is 11.8 Å². The first-order valence-electron chi connectivity index (χ1n) is 8.69. The Morgan fingerprint density at radius 1 is 1.32 bits per heavy atom. The van der Waals surface area contributed by atoms with Gasteiger partial charge in [-0.3, -0.25) is 14.5 Å². The quantitative estimate of drug-likeness (QED) is 0.803. The van der Waals surface area contributed by atoms with E-state index in [2.05, 4.69) is 10.6 Å². The highest BCUT2D eigenvalue weighted by molar-refractivity contribution is 5.83. The fourth-order valence-electron chi connectivity index (χ4n) is 3.04. The third-order valence-electron chi connectivity index (χ3n) is 4.47. The molecule has 1 heterocycles. The van der Waals surface area contributed by atoms with Crippen LogP contribution in [0.4, 0.5) is 4.39 Å². The normalized spacial score (nSPS) is 22.2. The number of nitrogens with zero attached hydrogens (tertiary/aromatic N) is 1. The Hall–Kier alpha value is -1.99. The number of hydrogen-bond acceptors (Lipinski definition) is 4. The molecule has 0 aromatic heterocycles. The molecule has 0 unspecified atom stereocenters. The molecule has 1 saturated heterocycles. The topological polar surface area (TPSA) is 70.7 Å². The van der Waals surface area contributed by atoms with Crippen molar-refractivity contribution in [2.24, 2.45) is 0 Å². The van der Waals surface area contributed by atoms with E-state index in [0.29, 0.717) is 26.2 Å². The van der Waals surface area contributed by atoms with Crippen molar-refractivity contribution in [2.45, 2.75) is 38.0 Å². The summed E-state index contributed by atoms with van der Waals surface area (Å²) in [5, 5.41) is 5.80. The van der Waals surface area contributed by atoms with E-state index in [-0.39, 0.29) is 29.8 Å². The number of nitrogens with one attached hydrogen (secondary N) is 2. The number of rotatable bonds is 6. The Labute approximate surface area is 146 Å². The lowest BCUT2D eigenvalue weighted by molar-refractivity contribution is -0.131. The number of hydrogen-bond donors (Lipinski definition) is 2. The second kappa shape index (κ2) is 7.93. The van der Waals surface area contributed by atoms with E-state index in [1.807, 2.05) is 4.90 Å². The first kappa shape index (κ1) is 17.8. The Morgan fingerprint density at radius 2 is 2.04 bits per heavy atom. The summed E-state index contributed by atoms with van der Waals surface area (Å²) in [7, 11) is 0. The maximum atomic E-state index is 13.3. The van der Waals surface area contributed by atoms with E-state index in [0.717, 1.165) is 18.4 Å². The molecule has 2 N–H and O–H groups in total. The van der Waals surface area contributed by atoms with Crippen molar-refractivity contribution in [3.63, 3.8) is 0 Å². The van der Waals surface area contributed by atoms with Crippen LogP contribution in [-0.4, -0.2) is 55.1 Å². The average Bonchev–Trinajstić information content (AvgIpc) is 3.39. The molecule has 1 aliphatic carbocycles. The summed E-state index contributed by atoms with van der Waals surface area (Å²) < 4.78 is 19.0. The van der Waals surface area contributed by atoms with Gasteiger partial charge in [0.15, 0.2) is 0 Å². The van der Waals surface area contributed by atoms with Gasteiger partial charge in [-0.15, -0.1) is 0 Å². The Kier molecular flexibility index (Phi) is 5.65. The largest absolute Gasteiger partial charge is 0.374 e. The summed E-state index contributed by atoms with van der Waals surface area (Å²) in [5.74, 6) is -0.493. The third-order valence-corrected chi connectivity index (χ3v) is 4.47. The average molecular weight is 349 g/mol. The Morgan fingerprint density at radius 3 is 2.68 bits per heavy atom. The molecule has 2 amide bonds. The highest BCUT2D eigenvalue weighted by atomic mass is 19.1. The number of halogens is 1. The smallest absolute Gasteiger partial charge is 0.242 e. The SMILES string of the molecule is CC(=O)NC[C@@H]1CN([C@H](C(=O)NC2CC2)c2ccc(F)cc2)CCO1. The molecule has 1 aromatic carbocycles. The molecular formula is C18H24FN3O3. The van der Waals surface area contributed by atoms with Gasteiger partial charge in [-0.05, 0) is 30.5 Å². The molecule has 0 spiro atoms. The highest BCUT2D eigenvalue weighted by Crippen LogP contribution is 2.26. The van der Waals surface area contributed by atoms with Gasteiger partial charge >= 0.3 is 0 Å². The van der Waals surface area contributed by atoms with Crippen LogP contribution in [0, 0.1) is 5.82 Å². The molecule has 1 aromatic rings. The molecule has 0 bridgehead atoms. The van der Waals surface area contributed by atoms with Crippen molar-refractivity contribution < 1.29 is 18.7 Å². The lowest BCUT2D eigenvalue weighted by Gasteiger charge is -2.37. The molecule has 2 fully saturated rings. The molecule has 1 aliphatic heterocycles. The Balaban J connectivity index is 1.74. The second-order valence-electron chi connectivity index (χ2n) is 6.66. The van der Waals surface area contributed by atoms with Gasteiger partial charge in [-0.25, -0.2) is 4.39 Å². The van der Waals surface area contributed by atoms with Gasteiger partial charge in [0.25, 0.3) is 0 Å². The summed E-state index contributed by atoms with van der Waals surface area (Å²) >= 11 is 0. The van der Waals surface area contributed by atoms with Crippen LogP contribution in [0.5, 0.6) is 0 Å². The lowest BCUT2D eigenvalue weighted by Crippen LogP contribution is -2.51. The summed E-state index contributed by atoms with van der Waals surface area (Å²) in [6.45, 7) is 3.49. The van der Waals surface area contributed by atoms with Crippen molar-refractivity contribution in [3.05, 3.63) is 35.6 Å². The van der Waals surface area contributed by atoms with Gasteiger partial charge in [0.1, 0.15) is 11.9 Å². The molecule has 136 valence electrons. The van der Waals surface area contributed by atoms with Crippen LogP contribution in [0.15, 0.2) is 24.3 Å². The van der Waals surface area contributed by atoms with Crippen molar-refractivity contribution >= 4 is 11.8 Å².